The normalized spacial score (nSPS) is 19.2. The van der Waals surface area contributed by atoms with Gasteiger partial charge in [-0.05, 0) is 49.8 Å². The molecule has 9 nitrogen and oxygen atoms in total. The lowest BCUT2D eigenvalue weighted by molar-refractivity contribution is -0.129. The summed E-state index contributed by atoms with van der Waals surface area (Å²) in [7, 11) is 0. The largest absolute Gasteiger partial charge is 0.385 e. The molecule has 0 saturated carbocycles. The maximum absolute atomic E-state index is 12.3. The van der Waals surface area contributed by atoms with E-state index >= 15 is 0 Å². The smallest absolute Gasteiger partial charge is 0.240 e. The number of aliphatic hydroxyl groups is 1. The molecule has 0 bridgehead atoms. The lowest BCUT2D eigenvalue weighted by Gasteiger charge is -2.24. The van der Waals surface area contributed by atoms with Crippen LogP contribution in [0.1, 0.15) is 51.5 Å². The summed E-state index contributed by atoms with van der Waals surface area (Å²) < 4.78 is 0. The number of hydrogen-bond acceptors (Lipinski definition) is 5. The van der Waals surface area contributed by atoms with Gasteiger partial charge in [-0.2, -0.15) is 0 Å². The van der Waals surface area contributed by atoms with Crippen LogP contribution in [0, 0.1) is 11.8 Å². The van der Waals surface area contributed by atoms with Crippen molar-refractivity contribution in [3.8, 4) is 0 Å². The summed E-state index contributed by atoms with van der Waals surface area (Å²) in [5.41, 5.74) is 4.64. The van der Waals surface area contributed by atoms with Crippen LogP contribution in [0.4, 0.5) is 0 Å². The van der Waals surface area contributed by atoms with E-state index in [4.69, 9.17) is 17.3 Å². The van der Waals surface area contributed by atoms with Crippen molar-refractivity contribution in [3.05, 3.63) is 34.9 Å². The van der Waals surface area contributed by atoms with Gasteiger partial charge in [-0.3, -0.25) is 19.2 Å². The molecule has 0 aliphatic carbocycles. The first-order valence-electron chi connectivity index (χ1n) is 11.1. The zero-order valence-electron chi connectivity index (χ0n) is 19.0. The minimum Gasteiger partial charge on any atom is -0.385 e. The van der Waals surface area contributed by atoms with Crippen molar-refractivity contribution in [2.45, 2.75) is 57.6 Å². The Hall–Kier alpha value is -2.65. The van der Waals surface area contributed by atoms with Crippen LogP contribution in [0.15, 0.2) is 24.3 Å². The second-order valence-electron chi connectivity index (χ2n) is 8.94. The molecule has 0 aromatic heterocycles. The predicted molar refractivity (Wildman–Crippen MR) is 124 cm³/mol. The highest BCUT2D eigenvalue weighted by atomic mass is 35.5. The SMILES string of the molecule is CC(CCC(=O)N[C@@H](C[C@@H]1CCNC1=O)C(N)=O)CNC(=O)CC(C)(O)c1ccc(Cl)cc1. The van der Waals surface area contributed by atoms with Crippen LogP contribution >= 0.6 is 11.6 Å². The molecule has 4 atom stereocenters. The van der Waals surface area contributed by atoms with Gasteiger partial charge in [-0.1, -0.05) is 30.7 Å². The van der Waals surface area contributed by atoms with E-state index in [1.54, 1.807) is 31.2 Å². The van der Waals surface area contributed by atoms with Crippen molar-refractivity contribution >= 4 is 35.2 Å². The molecule has 0 radical (unpaired) electrons. The zero-order valence-corrected chi connectivity index (χ0v) is 19.8. The van der Waals surface area contributed by atoms with Crippen LogP contribution in [-0.4, -0.2) is 47.9 Å². The summed E-state index contributed by atoms with van der Waals surface area (Å²) in [6.07, 6.45) is 1.32. The molecule has 1 aliphatic rings. The summed E-state index contributed by atoms with van der Waals surface area (Å²) in [5.74, 6) is -1.78. The number of carbonyl (C=O) groups excluding carboxylic acids is 4. The van der Waals surface area contributed by atoms with Crippen LogP contribution in [0.5, 0.6) is 0 Å². The summed E-state index contributed by atoms with van der Waals surface area (Å²) in [5, 5.41) is 19.3. The maximum atomic E-state index is 12.3. The molecule has 182 valence electrons. The molecule has 6 N–H and O–H groups in total. The Labute approximate surface area is 198 Å². The summed E-state index contributed by atoms with van der Waals surface area (Å²) in [4.78, 5) is 48.0. The number of hydrogen-bond donors (Lipinski definition) is 5. The van der Waals surface area contributed by atoms with Crippen molar-refractivity contribution in [1.29, 1.82) is 0 Å². The summed E-state index contributed by atoms with van der Waals surface area (Å²) >= 11 is 5.86. The quantitative estimate of drug-likeness (QED) is 0.302. The zero-order chi connectivity index (χ0) is 24.6. The fourth-order valence-corrected chi connectivity index (χ4v) is 3.85. The molecule has 1 saturated heterocycles. The number of carbonyl (C=O) groups is 4. The highest BCUT2D eigenvalue weighted by molar-refractivity contribution is 6.30. The molecular formula is C23H33ClN4O5. The van der Waals surface area contributed by atoms with Crippen LogP contribution in [0.3, 0.4) is 0 Å². The van der Waals surface area contributed by atoms with E-state index in [-0.39, 0.29) is 48.8 Å². The Morgan fingerprint density at radius 1 is 1.27 bits per heavy atom. The molecule has 1 aromatic rings. The van der Waals surface area contributed by atoms with Crippen LogP contribution in [0.2, 0.25) is 5.02 Å². The second kappa shape index (κ2) is 12.0. The molecule has 4 amide bonds. The van der Waals surface area contributed by atoms with E-state index in [2.05, 4.69) is 16.0 Å². The van der Waals surface area contributed by atoms with Crippen molar-refractivity contribution in [1.82, 2.24) is 16.0 Å². The standard InChI is InChI=1S/C23H33ClN4O5/c1-14(13-27-20(30)12-23(2,33)16-4-6-17(24)7-5-16)3-8-19(29)28-18(21(25)31)11-15-9-10-26-22(15)32/h4-7,14-15,18,33H,3,8-13H2,1-2H3,(H2,25,31)(H,26,32)(H,27,30)(H,28,29)/t14?,15-,18-,23?/m0/s1. The van der Waals surface area contributed by atoms with Gasteiger partial charge in [0.1, 0.15) is 6.04 Å². The van der Waals surface area contributed by atoms with E-state index in [1.807, 2.05) is 6.92 Å². The van der Waals surface area contributed by atoms with Gasteiger partial charge >= 0.3 is 0 Å². The van der Waals surface area contributed by atoms with Crippen molar-refractivity contribution < 1.29 is 24.3 Å². The molecule has 10 heteroatoms. The maximum Gasteiger partial charge on any atom is 0.240 e. The Balaban J connectivity index is 1.72. The van der Waals surface area contributed by atoms with Crippen LogP contribution < -0.4 is 21.7 Å². The van der Waals surface area contributed by atoms with Gasteiger partial charge in [-0.15, -0.1) is 0 Å². The number of benzene rings is 1. The first-order chi connectivity index (χ1) is 15.5. The first kappa shape index (κ1) is 26.6. The number of primary amides is 1. The highest BCUT2D eigenvalue weighted by Crippen LogP contribution is 2.25. The molecule has 1 aliphatic heterocycles. The fourth-order valence-electron chi connectivity index (χ4n) is 3.72. The molecule has 0 spiro atoms. The van der Waals surface area contributed by atoms with Crippen molar-refractivity contribution in [2.24, 2.45) is 17.6 Å². The van der Waals surface area contributed by atoms with Gasteiger partial charge in [0.25, 0.3) is 0 Å². The number of nitrogens with one attached hydrogen (secondary N) is 3. The number of nitrogens with two attached hydrogens (primary N) is 1. The number of rotatable bonds is 12. The summed E-state index contributed by atoms with van der Waals surface area (Å²) in [6.45, 7) is 4.35. The number of amides is 4. The first-order valence-corrected chi connectivity index (χ1v) is 11.5. The van der Waals surface area contributed by atoms with Gasteiger partial charge in [-0.25, -0.2) is 0 Å². The number of halogens is 1. The topological polar surface area (TPSA) is 151 Å². The fraction of sp³-hybridized carbons (Fsp3) is 0.565. The molecule has 33 heavy (non-hydrogen) atoms. The third kappa shape index (κ3) is 8.66. The Bertz CT molecular complexity index is 859. The minimum atomic E-state index is -1.34. The molecular weight excluding hydrogens is 448 g/mol. The average Bonchev–Trinajstić information content (AvgIpc) is 3.14. The Morgan fingerprint density at radius 3 is 2.52 bits per heavy atom. The lowest BCUT2D eigenvalue weighted by Crippen LogP contribution is -2.46. The molecule has 1 aromatic carbocycles. The second-order valence-corrected chi connectivity index (χ2v) is 9.38. The van der Waals surface area contributed by atoms with Gasteiger partial charge in [0.15, 0.2) is 0 Å². The Morgan fingerprint density at radius 2 is 1.94 bits per heavy atom. The van der Waals surface area contributed by atoms with E-state index in [0.717, 1.165) is 0 Å². The monoisotopic (exact) mass is 480 g/mol. The van der Waals surface area contributed by atoms with E-state index in [0.29, 0.717) is 36.5 Å². The highest BCUT2D eigenvalue weighted by Gasteiger charge is 2.30. The third-order valence-electron chi connectivity index (χ3n) is 5.84. The van der Waals surface area contributed by atoms with E-state index in [1.165, 1.54) is 0 Å². The van der Waals surface area contributed by atoms with Crippen LogP contribution in [0.25, 0.3) is 0 Å². The van der Waals surface area contributed by atoms with Gasteiger partial charge in [0.2, 0.25) is 23.6 Å². The lowest BCUT2D eigenvalue weighted by atomic mass is 9.92. The van der Waals surface area contributed by atoms with Gasteiger partial charge < -0.3 is 26.8 Å². The van der Waals surface area contributed by atoms with E-state index < -0.39 is 17.6 Å². The molecule has 1 fully saturated rings. The predicted octanol–water partition coefficient (Wildman–Crippen LogP) is 0.966. The summed E-state index contributed by atoms with van der Waals surface area (Å²) in [6, 6.07) is 5.77. The van der Waals surface area contributed by atoms with E-state index in [9.17, 15) is 24.3 Å². The van der Waals surface area contributed by atoms with Crippen LogP contribution in [-0.2, 0) is 24.8 Å². The molecule has 1 heterocycles. The van der Waals surface area contributed by atoms with Crippen molar-refractivity contribution in [3.63, 3.8) is 0 Å². The molecule has 2 unspecified atom stereocenters. The minimum absolute atomic E-state index is 0.00665. The average molecular weight is 481 g/mol. The Kier molecular flexibility index (Phi) is 9.67. The third-order valence-corrected chi connectivity index (χ3v) is 6.10. The van der Waals surface area contributed by atoms with Gasteiger partial charge in [0.05, 0.1) is 12.0 Å². The van der Waals surface area contributed by atoms with Gasteiger partial charge in [0, 0.05) is 30.5 Å². The van der Waals surface area contributed by atoms with Crippen molar-refractivity contribution in [2.75, 3.05) is 13.1 Å². The molecule has 2 rings (SSSR count).